The second-order valence-corrected chi connectivity index (χ2v) is 5.25. The lowest BCUT2D eigenvalue weighted by molar-refractivity contribution is 0.0977. The highest BCUT2D eigenvalue weighted by Gasteiger charge is 2.08. The average molecular weight is 315 g/mol. The Bertz CT molecular complexity index is 642. The Morgan fingerprint density at radius 3 is 2.55 bits per heavy atom. The Labute approximate surface area is 134 Å². The smallest absolute Gasteiger partial charge is 0.257 e. The van der Waals surface area contributed by atoms with Crippen LogP contribution in [0.25, 0.3) is 0 Å². The van der Waals surface area contributed by atoms with Gasteiger partial charge in [0.05, 0.1) is 18.0 Å². The van der Waals surface area contributed by atoms with E-state index >= 15 is 0 Å². The predicted octanol–water partition coefficient (Wildman–Crippen LogP) is 3.00. The summed E-state index contributed by atoms with van der Waals surface area (Å²) in [6.45, 7) is 3.90. The second kappa shape index (κ2) is 7.51. The summed E-state index contributed by atoms with van der Waals surface area (Å²) < 4.78 is 5.53. The van der Waals surface area contributed by atoms with E-state index in [2.05, 4.69) is 15.6 Å². The van der Waals surface area contributed by atoms with E-state index in [-0.39, 0.29) is 17.1 Å². The van der Waals surface area contributed by atoms with Crippen molar-refractivity contribution in [2.24, 2.45) is 0 Å². The maximum Gasteiger partial charge on any atom is 0.257 e. The molecule has 1 heterocycles. The minimum Gasteiger partial charge on any atom is -0.491 e. The molecule has 0 atom stereocenters. The first-order valence-corrected chi connectivity index (χ1v) is 7.24. The third-order valence-electron chi connectivity index (χ3n) is 2.63. The molecule has 6 heteroatoms. The normalized spacial score (nSPS) is 10.1. The lowest BCUT2D eigenvalue weighted by Gasteiger charge is -2.11. The standard InChI is InChI=1S/C16H17N3O2S/c1-11(2)21-14-7-5-12(6-8-14)15(20)19-16(22)18-13-4-3-9-17-10-13/h3-11H,1-2H3,(H2,18,19,20,22). The van der Waals surface area contributed by atoms with Crippen LogP contribution in [0.4, 0.5) is 5.69 Å². The highest BCUT2D eigenvalue weighted by molar-refractivity contribution is 7.80. The van der Waals surface area contributed by atoms with E-state index in [0.717, 1.165) is 5.75 Å². The third kappa shape index (κ3) is 4.82. The minimum atomic E-state index is -0.280. The summed E-state index contributed by atoms with van der Waals surface area (Å²) in [7, 11) is 0. The second-order valence-electron chi connectivity index (χ2n) is 4.84. The first kappa shape index (κ1) is 15.9. The summed E-state index contributed by atoms with van der Waals surface area (Å²) >= 11 is 5.10. The predicted molar refractivity (Wildman–Crippen MR) is 90.1 cm³/mol. The van der Waals surface area contributed by atoms with Gasteiger partial charge in [0, 0.05) is 11.8 Å². The largest absolute Gasteiger partial charge is 0.491 e. The molecule has 2 aromatic rings. The number of benzene rings is 1. The fraction of sp³-hybridized carbons (Fsp3) is 0.188. The lowest BCUT2D eigenvalue weighted by atomic mass is 10.2. The molecule has 22 heavy (non-hydrogen) atoms. The van der Waals surface area contributed by atoms with Crippen LogP contribution in [0.5, 0.6) is 5.75 Å². The van der Waals surface area contributed by atoms with Gasteiger partial charge in [-0.2, -0.15) is 0 Å². The maximum absolute atomic E-state index is 12.1. The molecule has 0 saturated carbocycles. The van der Waals surface area contributed by atoms with Gasteiger partial charge in [-0.3, -0.25) is 15.1 Å². The fourth-order valence-electron chi connectivity index (χ4n) is 1.73. The number of aromatic nitrogens is 1. The van der Waals surface area contributed by atoms with Gasteiger partial charge in [0.25, 0.3) is 5.91 Å². The molecule has 0 unspecified atom stereocenters. The molecule has 1 aromatic carbocycles. The van der Waals surface area contributed by atoms with Gasteiger partial charge in [0.15, 0.2) is 5.11 Å². The van der Waals surface area contributed by atoms with Gasteiger partial charge in [-0.1, -0.05) is 0 Å². The number of rotatable bonds is 4. The van der Waals surface area contributed by atoms with Gasteiger partial charge in [-0.25, -0.2) is 0 Å². The summed E-state index contributed by atoms with van der Waals surface area (Å²) in [6, 6.07) is 10.5. The Hall–Kier alpha value is -2.47. The molecule has 0 fully saturated rings. The number of thiocarbonyl (C=S) groups is 1. The highest BCUT2D eigenvalue weighted by atomic mass is 32.1. The molecule has 0 bridgehead atoms. The number of amides is 1. The topological polar surface area (TPSA) is 63.2 Å². The quantitative estimate of drug-likeness (QED) is 0.849. The van der Waals surface area contributed by atoms with Crippen LogP contribution in [0.3, 0.4) is 0 Å². The molecule has 0 radical (unpaired) electrons. The van der Waals surface area contributed by atoms with Gasteiger partial charge < -0.3 is 10.1 Å². The Balaban J connectivity index is 1.92. The van der Waals surface area contributed by atoms with Gasteiger partial charge in [-0.05, 0) is 62.5 Å². The van der Waals surface area contributed by atoms with E-state index in [1.165, 1.54) is 0 Å². The van der Waals surface area contributed by atoms with Crippen molar-refractivity contribution in [3.63, 3.8) is 0 Å². The first-order chi connectivity index (χ1) is 10.5. The van der Waals surface area contributed by atoms with Crippen molar-refractivity contribution in [1.29, 1.82) is 0 Å². The summed E-state index contributed by atoms with van der Waals surface area (Å²) in [6.07, 6.45) is 3.38. The van der Waals surface area contributed by atoms with E-state index in [4.69, 9.17) is 17.0 Å². The zero-order valence-corrected chi connectivity index (χ0v) is 13.2. The molecule has 5 nitrogen and oxygen atoms in total. The molecule has 0 aliphatic heterocycles. The van der Waals surface area contributed by atoms with Crippen LogP contribution in [0.15, 0.2) is 48.8 Å². The molecular formula is C16H17N3O2S. The molecule has 114 valence electrons. The van der Waals surface area contributed by atoms with Crippen LogP contribution in [0.1, 0.15) is 24.2 Å². The van der Waals surface area contributed by atoms with Gasteiger partial charge in [0.1, 0.15) is 5.75 Å². The third-order valence-corrected chi connectivity index (χ3v) is 2.84. The minimum absolute atomic E-state index is 0.0935. The molecule has 0 spiro atoms. The molecule has 0 saturated heterocycles. The van der Waals surface area contributed by atoms with Crippen molar-refractivity contribution in [1.82, 2.24) is 10.3 Å². The lowest BCUT2D eigenvalue weighted by Crippen LogP contribution is -2.34. The number of hydrogen-bond donors (Lipinski definition) is 2. The van der Waals surface area contributed by atoms with Crippen LogP contribution in [-0.2, 0) is 0 Å². The Morgan fingerprint density at radius 2 is 1.95 bits per heavy atom. The highest BCUT2D eigenvalue weighted by Crippen LogP contribution is 2.13. The molecule has 0 aliphatic rings. The monoisotopic (exact) mass is 315 g/mol. The van der Waals surface area contributed by atoms with Crippen molar-refractivity contribution in [3.8, 4) is 5.75 Å². The molecular weight excluding hydrogens is 298 g/mol. The van der Waals surface area contributed by atoms with Crippen LogP contribution in [0.2, 0.25) is 0 Å². The van der Waals surface area contributed by atoms with Crippen molar-refractivity contribution in [2.75, 3.05) is 5.32 Å². The van der Waals surface area contributed by atoms with Crippen molar-refractivity contribution >= 4 is 28.9 Å². The van der Waals surface area contributed by atoms with Crippen molar-refractivity contribution in [3.05, 3.63) is 54.4 Å². The Kier molecular flexibility index (Phi) is 5.43. The summed E-state index contributed by atoms with van der Waals surface area (Å²) in [5, 5.41) is 5.73. The van der Waals surface area contributed by atoms with E-state index in [9.17, 15) is 4.79 Å². The summed E-state index contributed by atoms with van der Waals surface area (Å²) in [5.74, 6) is 0.445. The first-order valence-electron chi connectivity index (χ1n) is 6.83. The van der Waals surface area contributed by atoms with E-state index < -0.39 is 0 Å². The molecule has 1 amide bonds. The molecule has 2 rings (SSSR count). The van der Waals surface area contributed by atoms with Crippen LogP contribution < -0.4 is 15.4 Å². The number of ether oxygens (including phenoxy) is 1. The summed E-state index contributed by atoms with van der Waals surface area (Å²) in [5.41, 5.74) is 1.22. The molecule has 2 N–H and O–H groups in total. The van der Waals surface area contributed by atoms with E-state index in [1.54, 1.807) is 42.7 Å². The average Bonchev–Trinajstić information content (AvgIpc) is 2.48. The number of carbonyl (C=O) groups excluding carboxylic acids is 1. The summed E-state index contributed by atoms with van der Waals surface area (Å²) in [4.78, 5) is 16.0. The fourth-order valence-corrected chi connectivity index (χ4v) is 1.94. The molecule has 0 aliphatic carbocycles. The van der Waals surface area contributed by atoms with Gasteiger partial charge in [0.2, 0.25) is 0 Å². The Morgan fingerprint density at radius 1 is 1.23 bits per heavy atom. The zero-order valence-electron chi connectivity index (χ0n) is 12.4. The maximum atomic E-state index is 12.1. The van der Waals surface area contributed by atoms with E-state index in [1.807, 2.05) is 19.9 Å². The number of anilines is 1. The number of nitrogens with one attached hydrogen (secondary N) is 2. The number of carbonyl (C=O) groups is 1. The zero-order chi connectivity index (χ0) is 15.9. The SMILES string of the molecule is CC(C)Oc1ccc(C(=O)NC(=S)Nc2cccnc2)cc1. The van der Waals surface area contributed by atoms with Crippen LogP contribution >= 0.6 is 12.2 Å². The molecule has 1 aromatic heterocycles. The van der Waals surface area contributed by atoms with Crippen molar-refractivity contribution in [2.45, 2.75) is 20.0 Å². The number of nitrogens with zero attached hydrogens (tertiary/aromatic N) is 1. The van der Waals surface area contributed by atoms with Crippen LogP contribution in [-0.4, -0.2) is 22.1 Å². The van der Waals surface area contributed by atoms with Gasteiger partial charge >= 0.3 is 0 Å². The van der Waals surface area contributed by atoms with Gasteiger partial charge in [-0.15, -0.1) is 0 Å². The van der Waals surface area contributed by atoms with Crippen molar-refractivity contribution < 1.29 is 9.53 Å². The number of hydrogen-bond acceptors (Lipinski definition) is 4. The number of pyridine rings is 1. The van der Waals surface area contributed by atoms with Crippen LogP contribution in [0, 0.1) is 0 Å². The van der Waals surface area contributed by atoms with E-state index in [0.29, 0.717) is 11.3 Å².